The molecule has 0 aliphatic rings. The minimum atomic E-state index is -3.55. The summed E-state index contributed by atoms with van der Waals surface area (Å²) in [5, 5.41) is 2.39. The molecule has 0 atom stereocenters. The number of benzene rings is 1. The molecule has 0 fully saturated rings. The Kier molecular flexibility index (Phi) is 4.83. The monoisotopic (exact) mass is 338 g/mol. The first-order chi connectivity index (χ1) is 10.3. The summed E-state index contributed by atoms with van der Waals surface area (Å²) in [6, 6.07) is 9.23. The van der Waals surface area contributed by atoms with E-state index >= 15 is 0 Å². The van der Waals surface area contributed by atoms with E-state index in [4.69, 9.17) is 11.6 Å². The van der Waals surface area contributed by atoms with Crippen molar-refractivity contribution < 1.29 is 13.2 Å². The predicted molar refractivity (Wildman–Crippen MR) is 86.0 cm³/mol. The fourth-order valence-electron chi connectivity index (χ4n) is 1.79. The van der Waals surface area contributed by atoms with Gasteiger partial charge in [0, 0.05) is 6.20 Å². The van der Waals surface area contributed by atoms with Gasteiger partial charge in [0.2, 0.25) is 0 Å². The van der Waals surface area contributed by atoms with Crippen LogP contribution < -0.4 is 5.32 Å². The number of sulfone groups is 1. The number of hydrogen-bond donors (Lipinski definition) is 1. The third-order valence-electron chi connectivity index (χ3n) is 3.03. The van der Waals surface area contributed by atoms with E-state index in [-0.39, 0.29) is 10.5 Å². The molecule has 2 rings (SSSR count). The molecule has 0 saturated carbocycles. The van der Waals surface area contributed by atoms with Crippen molar-refractivity contribution in [3.8, 4) is 0 Å². The lowest BCUT2D eigenvalue weighted by Crippen LogP contribution is -2.21. The van der Waals surface area contributed by atoms with Crippen molar-refractivity contribution >= 4 is 33.2 Å². The van der Waals surface area contributed by atoms with Crippen LogP contribution in [-0.4, -0.2) is 24.6 Å². The zero-order valence-corrected chi connectivity index (χ0v) is 13.6. The maximum absolute atomic E-state index is 12.3. The fraction of sp³-hybridized carbons (Fsp3) is 0.200. The molecular weight excluding hydrogens is 324 g/mol. The number of pyridine rings is 1. The average molecular weight is 339 g/mol. The van der Waals surface area contributed by atoms with Crippen molar-refractivity contribution in [2.45, 2.75) is 24.0 Å². The fourth-order valence-corrected chi connectivity index (χ4v) is 3.14. The van der Waals surface area contributed by atoms with Crippen LogP contribution >= 0.6 is 11.6 Å². The summed E-state index contributed by atoms with van der Waals surface area (Å²) in [4.78, 5) is 16.3. The van der Waals surface area contributed by atoms with E-state index in [9.17, 15) is 13.2 Å². The number of hydrogen-bond acceptors (Lipinski definition) is 4. The number of nitrogens with one attached hydrogen (secondary N) is 1. The topological polar surface area (TPSA) is 76.1 Å². The Labute approximate surface area is 134 Å². The van der Waals surface area contributed by atoms with Crippen LogP contribution in [0.3, 0.4) is 0 Å². The second-order valence-electron chi connectivity index (χ2n) is 4.91. The number of anilines is 1. The first kappa shape index (κ1) is 16.5. The Bertz CT molecular complexity index is 787. The summed E-state index contributed by atoms with van der Waals surface area (Å²) < 4.78 is 24.7. The predicted octanol–water partition coefficient (Wildman–Crippen LogP) is 3.17. The highest BCUT2D eigenvalue weighted by Crippen LogP contribution is 2.21. The normalized spacial score (nSPS) is 11.5. The van der Waals surface area contributed by atoms with Gasteiger partial charge in [-0.15, -0.1) is 0 Å². The average Bonchev–Trinajstić information content (AvgIpc) is 2.49. The van der Waals surface area contributed by atoms with Crippen LogP contribution in [0.25, 0.3) is 0 Å². The molecule has 2 aromatic rings. The van der Waals surface area contributed by atoms with Gasteiger partial charge in [-0.1, -0.05) is 23.7 Å². The van der Waals surface area contributed by atoms with Gasteiger partial charge in [-0.3, -0.25) is 4.79 Å². The number of amides is 1. The number of aromatic nitrogens is 1. The molecule has 0 saturated heterocycles. The van der Waals surface area contributed by atoms with E-state index in [1.165, 1.54) is 18.3 Å². The maximum atomic E-state index is 12.3. The summed E-state index contributed by atoms with van der Waals surface area (Å²) >= 11 is 5.73. The third kappa shape index (κ3) is 3.45. The number of carbonyl (C=O) groups is 1. The van der Waals surface area contributed by atoms with Crippen molar-refractivity contribution in [1.29, 1.82) is 0 Å². The number of rotatable bonds is 4. The van der Waals surface area contributed by atoms with Crippen molar-refractivity contribution in [3.63, 3.8) is 0 Å². The van der Waals surface area contributed by atoms with Gasteiger partial charge < -0.3 is 5.32 Å². The largest absolute Gasteiger partial charge is 0.307 e. The van der Waals surface area contributed by atoms with E-state index < -0.39 is 21.0 Å². The highest BCUT2D eigenvalue weighted by atomic mass is 35.5. The summed E-state index contributed by atoms with van der Waals surface area (Å²) in [5.41, 5.74) is 0.0907. The highest BCUT2D eigenvalue weighted by Gasteiger charge is 2.25. The molecule has 1 aromatic carbocycles. The first-order valence-electron chi connectivity index (χ1n) is 6.58. The molecule has 1 amide bonds. The maximum Gasteiger partial charge on any atom is 0.258 e. The van der Waals surface area contributed by atoms with Crippen LogP contribution in [0.15, 0.2) is 47.5 Å². The summed E-state index contributed by atoms with van der Waals surface area (Å²) in [5.74, 6) is -0.235. The zero-order chi connectivity index (χ0) is 16.3. The van der Waals surface area contributed by atoms with Gasteiger partial charge in [-0.25, -0.2) is 13.4 Å². The van der Waals surface area contributed by atoms with Crippen LogP contribution in [0.4, 0.5) is 5.82 Å². The second-order valence-corrected chi connectivity index (χ2v) is 7.81. The van der Waals surface area contributed by atoms with Gasteiger partial charge in [0.25, 0.3) is 5.91 Å². The first-order valence-corrected chi connectivity index (χ1v) is 8.50. The van der Waals surface area contributed by atoms with E-state index in [1.807, 2.05) is 0 Å². The minimum absolute atomic E-state index is 0.0106. The third-order valence-corrected chi connectivity index (χ3v) is 5.46. The molecule has 0 spiro atoms. The van der Waals surface area contributed by atoms with E-state index in [0.29, 0.717) is 10.8 Å². The molecule has 0 unspecified atom stereocenters. The van der Waals surface area contributed by atoms with Crippen LogP contribution in [0.2, 0.25) is 5.02 Å². The Morgan fingerprint density at radius 2 is 1.86 bits per heavy atom. The molecule has 0 radical (unpaired) electrons. The Morgan fingerprint density at radius 1 is 1.18 bits per heavy atom. The lowest BCUT2D eigenvalue weighted by atomic mass is 10.2. The molecule has 7 heteroatoms. The van der Waals surface area contributed by atoms with Crippen molar-refractivity contribution in [1.82, 2.24) is 4.98 Å². The van der Waals surface area contributed by atoms with E-state index in [0.717, 1.165) is 0 Å². The minimum Gasteiger partial charge on any atom is -0.307 e. The van der Waals surface area contributed by atoms with Gasteiger partial charge in [-0.05, 0) is 38.1 Å². The van der Waals surface area contributed by atoms with Crippen LogP contribution in [0.5, 0.6) is 0 Å². The molecule has 1 heterocycles. The Balaban J connectivity index is 2.37. The van der Waals surface area contributed by atoms with Gasteiger partial charge in [0.05, 0.1) is 20.7 Å². The van der Waals surface area contributed by atoms with Crippen LogP contribution in [0, 0.1) is 0 Å². The Hall–Kier alpha value is -1.92. The van der Waals surface area contributed by atoms with Crippen molar-refractivity contribution in [3.05, 3.63) is 53.2 Å². The number of nitrogens with zero attached hydrogens (tertiary/aromatic N) is 1. The molecule has 1 N–H and O–H groups in total. The summed E-state index contributed by atoms with van der Waals surface area (Å²) in [7, 11) is -3.55. The Morgan fingerprint density at radius 3 is 2.45 bits per heavy atom. The van der Waals surface area contributed by atoms with Gasteiger partial charge >= 0.3 is 0 Å². The molecule has 0 aliphatic carbocycles. The van der Waals surface area contributed by atoms with Crippen molar-refractivity contribution in [2.24, 2.45) is 0 Å². The summed E-state index contributed by atoms with van der Waals surface area (Å²) in [6.07, 6.45) is 1.40. The zero-order valence-electron chi connectivity index (χ0n) is 12.1. The molecule has 0 aliphatic heterocycles. The van der Waals surface area contributed by atoms with E-state index in [2.05, 4.69) is 10.3 Å². The quantitative estimate of drug-likeness (QED) is 0.929. The second kappa shape index (κ2) is 6.46. The highest BCUT2D eigenvalue weighted by molar-refractivity contribution is 7.92. The summed E-state index contributed by atoms with van der Waals surface area (Å²) in [6.45, 7) is 3.15. The molecule has 1 aromatic heterocycles. The SMILES string of the molecule is CC(C)S(=O)(=O)c1ccccc1C(=O)Nc1ccc(Cl)cn1. The number of halogens is 1. The molecule has 0 bridgehead atoms. The van der Waals surface area contributed by atoms with Gasteiger partial charge in [0.1, 0.15) is 5.82 Å². The molecule has 22 heavy (non-hydrogen) atoms. The molecular formula is C15H15ClN2O3S. The van der Waals surface area contributed by atoms with Crippen molar-refractivity contribution in [2.75, 3.05) is 5.32 Å². The van der Waals surface area contributed by atoms with Crippen LogP contribution in [-0.2, 0) is 9.84 Å². The molecule has 5 nitrogen and oxygen atoms in total. The molecule has 116 valence electrons. The van der Waals surface area contributed by atoms with Gasteiger partial charge in [-0.2, -0.15) is 0 Å². The van der Waals surface area contributed by atoms with Crippen LogP contribution in [0.1, 0.15) is 24.2 Å². The van der Waals surface area contributed by atoms with E-state index in [1.54, 1.807) is 38.1 Å². The van der Waals surface area contributed by atoms with Gasteiger partial charge in [0.15, 0.2) is 9.84 Å². The smallest absolute Gasteiger partial charge is 0.258 e. The lowest BCUT2D eigenvalue weighted by molar-refractivity contribution is 0.102. The standard InChI is InChI=1S/C15H15ClN2O3S/c1-10(2)22(20,21)13-6-4-3-5-12(13)15(19)18-14-8-7-11(16)9-17-14/h3-10H,1-2H3,(H,17,18,19). The number of carbonyl (C=O) groups excluding carboxylic acids is 1. The lowest BCUT2D eigenvalue weighted by Gasteiger charge is -2.12.